The van der Waals surface area contributed by atoms with Gasteiger partial charge in [0.25, 0.3) is 0 Å². The number of benzodiazepines with no additional fused rings is 1. The molecule has 152 valence electrons. The van der Waals surface area contributed by atoms with Crippen molar-refractivity contribution in [3.05, 3.63) is 63.6 Å². The van der Waals surface area contributed by atoms with Gasteiger partial charge in [0.2, 0.25) is 11.8 Å². The molecule has 0 bridgehead atoms. The Morgan fingerprint density at radius 3 is 2.66 bits per heavy atom. The van der Waals surface area contributed by atoms with Gasteiger partial charge in [-0.2, -0.15) is 0 Å². The Bertz CT molecular complexity index is 957. The van der Waals surface area contributed by atoms with Gasteiger partial charge in [-0.25, -0.2) is 0 Å². The van der Waals surface area contributed by atoms with Crippen molar-refractivity contribution in [3.8, 4) is 0 Å². The number of carbonyl (C=O) groups excluding carboxylic acids is 2. The van der Waals surface area contributed by atoms with E-state index in [1.165, 1.54) is 4.90 Å². The third-order valence-electron chi connectivity index (χ3n) is 4.65. The number of benzene rings is 2. The Balaban J connectivity index is 1.94. The molecule has 0 saturated carbocycles. The quantitative estimate of drug-likeness (QED) is 0.738. The molecule has 1 aliphatic heterocycles. The molecule has 5 nitrogen and oxygen atoms in total. The van der Waals surface area contributed by atoms with Gasteiger partial charge in [0, 0.05) is 27.7 Å². The number of amides is 2. The summed E-state index contributed by atoms with van der Waals surface area (Å²) in [6, 6.07) is 12.5. The van der Waals surface area contributed by atoms with Crippen LogP contribution in [0.1, 0.15) is 31.4 Å². The number of hydrogen-bond donors (Lipinski definition) is 1. The van der Waals surface area contributed by atoms with E-state index in [0.717, 1.165) is 6.42 Å². The van der Waals surface area contributed by atoms with Crippen molar-refractivity contribution in [1.29, 1.82) is 0 Å². The molecule has 0 fully saturated rings. The molecule has 1 heterocycles. The fourth-order valence-electron chi connectivity index (χ4n) is 3.14. The second kappa shape index (κ2) is 9.42. The van der Waals surface area contributed by atoms with Gasteiger partial charge in [0.1, 0.15) is 13.1 Å². The molecule has 2 aromatic carbocycles. The first-order valence-corrected chi connectivity index (χ1v) is 10.3. The molecule has 29 heavy (non-hydrogen) atoms. The number of nitrogens with one attached hydrogen (secondary N) is 1. The lowest BCUT2D eigenvalue weighted by Crippen LogP contribution is -2.42. The van der Waals surface area contributed by atoms with Crippen molar-refractivity contribution in [3.63, 3.8) is 0 Å². The van der Waals surface area contributed by atoms with Crippen LogP contribution in [0.25, 0.3) is 0 Å². The van der Waals surface area contributed by atoms with E-state index in [1.54, 1.807) is 24.3 Å². The van der Waals surface area contributed by atoms with Gasteiger partial charge in [0.15, 0.2) is 0 Å². The number of nitrogens with zero attached hydrogens (tertiary/aromatic N) is 2. The fourth-order valence-corrected chi connectivity index (χ4v) is 3.54. The van der Waals surface area contributed by atoms with Crippen LogP contribution in [0, 0.1) is 5.92 Å². The van der Waals surface area contributed by atoms with Gasteiger partial charge >= 0.3 is 0 Å². The molecule has 7 heteroatoms. The Morgan fingerprint density at radius 1 is 1.17 bits per heavy atom. The molecular formula is C22H23Cl2N3O2. The summed E-state index contributed by atoms with van der Waals surface area (Å²) in [7, 11) is 0. The Kier molecular flexibility index (Phi) is 6.93. The lowest BCUT2D eigenvalue weighted by Gasteiger charge is -2.23. The lowest BCUT2D eigenvalue weighted by molar-refractivity contribution is -0.123. The van der Waals surface area contributed by atoms with Crippen molar-refractivity contribution in [1.82, 2.24) is 5.32 Å². The highest BCUT2D eigenvalue weighted by molar-refractivity contribution is 6.37. The van der Waals surface area contributed by atoms with Crippen LogP contribution in [0.3, 0.4) is 0 Å². The average Bonchev–Trinajstić information content (AvgIpc) is 2.79. The summed E-state index contributed by atoms with van der Waals surface area (Å²) >= 11 is 12.6. The first-order valence-electron chi connectivity index (χ1n) is 9.53. The highest BCUT2D eigenvalue weighted by atomic mass is 35.5. The van der Waals surface area contributed by atoms with E-state index in [1.807, 2.05) is 18.2 Å². The lowest BCUT2D eigenvalue weighted by atomic mass is 10.00. The predicted octanol–water partition coefficient (Wildman–Crippen LogP) is 4.34. The topological polar surface area (TPSA) is 61.8 Å². The monoisotopic (exact) mass is 431 g/mol. The first-order chi connectivity index (χ1) is 13.9. The zero-order chi connectivity index (χ0) is 21.0. The zero-order valence-corrected chi connectivity index (χ0v) is 17.9. The van der Waals surface area contributed by atoms with Gasteiger partial charge in [-0.05, 0) is 36.6 Å². The second-order valence-corrected chi connectivity index (χ2v) is 8.16. The van der Waals surface area contributed by atoms with Crippen LogP contribution in [0.4, 0.5) is 5.69 Å². The molecule has 2 aromatic rings. The van der Waals surface area contributed by atoms with E-state index in [9.17, 15) is 9.59 Å². The van der Waals surface area contributed by atoms with E-state index in [-0.39, 0.29) is 24.9 Å². The van der Waals surface area contributed by atoms with Crippen LogP contribution in [0.2, 0.25) is 10.0 Å². The van der Waals surface area contributed by atoms with Crippen molar-refractivity contribution in [2.24, 2.45) is 10.9 Å². The van der Waals surface area contributed by atoms with Crippen LogP contribution in [-0.2, 0) is 9.59 Å². The third kappa shape index (κ3) is 5.17. The van der Waals surface area contributed by atoms with Crippen LogP contribution in [0.15, 0.2) is 47.5 Å². The van der Waals surface area contributed by atoms with Gasteiger partial charge in [0.05, 0.1) is 11.4 Å². The molecule has 2 amide bonds. The number of anilines is 1. The number of aliphatic imine (C=N–C) groups is 1. The predicted molar refractivity (Wildman–Crippen MR) is 118 cm³/mol. The standard InChI is InChI=1S/C22H23Cl2N3O2/c1-14(2)9-10-25-20(28)13-27-19-8-7-15(23)11-17(19)22(26-12-21(27)29)16-5-3-4-6-18(16)24/h3-8,11,14H,9-10,12-13H2,1-2H3,(H,25,28). The average molecular weight is 432 g/mol. The molecule has 0 saturated heterocycles. The SMILES string of the molecule is CC(C)CCNC(=O)CN1C(=O)CN=C(c2ccccc2Cl)c2cc(Cl)ccc21. The number of rotatable bonds is 6. The summed E-state index contributed by atoms with van der Waals surface area (Å²) in [4.78, 5) is 31.2. The van der Waals surface area contributed by atoms with Crippen LogP contribution in [0.5, 0.6) is 0 Å². The van der Waals surface area contributed by atoms with Crippen molar-refractivity contribution in [2.75, 3.05) is 24.5 Å². The Labute approximate surface area is 180 Å². The summed E-state index contributed by atoms with van der Waals surface area (Å²) in [6.07, 6.45) is 0.881. The first kappa shape index (κ1) is 21.3. The normalized spacial score (nSPS) is 13.8. The Hall–Kier alpha value is -2.37. The molecule has 1 aliphatic rings. The summed E-state index contributed by atoms with van der Waals surface area (Å²) in [5.74, 6) is 0.0281. The highest BCUT2D eigenvalue weighted by Crippen LogP contribution is 2.31. The van der Waals surface area contributed by atoms with Crippen LogP contribution < -0.4 is 10.2 Å². The zero-order valence-electron chi connectivity index (χ0n) is 16.4. The summed E-state index contributed by atoms with van der Waals surface area (Å²) in [6.45, 7) is 4.62. The molecule has 0 spiro atoms. The van der Waals surface area contributed by atoms with Gasteiger partial charge in [-0.1, -0.05) is 55.2 Å². The minimum atomic E-state index is -0.255. The minimum Gasteiger partial charge on any atom is -0.355 e. The van der Waals surface area contributed by atoms with E-state index >= 15 is 0 Å². The van der Waals surface area contributed by atoms with Gasteiger partial charge < -0.3 is 10.2 Å². The molecular weight excluding hydrogens is 409 g/mol. The fraction of sp³-hybridized carbons (Fsp3) is 0.318. The van der Waals surface area contributed by atoms with Gasteiger partial charge in [-0.15, -0.1) is 0 Å². The molecule has 0 unspecified atom stereocenters. The number of halogens is 2. The van der Waals surface area contributed by atoms with E-state index < -0.39 is 0 Å². The largest absolute Gasteiger partial charge is 0.355 e. The molecule has 0 atom stereocenters. The number of hydrogen-bond acceptors (Lipinski definition) is 3. The van der Waals surface area contributed by atoms with Crippen molar-refractivity contribution >= 4 is 46.4 Å². The number of carbonyl (C=O) groups is 2. The highest BCUT2D eigenvalue weighted by Gasteiger charge is 2.27. The molecule has 0 radical (unpaired) electrons. The Morgan fingerprint density at radius 2 is 1.93 bits per heavy atom. The van der Waals surface area contributed by atoms with E-state index in [0.29, 0.717) is 45.0 Å². The van der Waals surface area contributed by atoms with Crippen molar-refractivity contribution < 1.29 is 9.59 Å². The maximum Gasteiger partial charge on any atom is 0.249 e. The van der Waals surface area contributed by atoms with Crippen LogP contribution in [-0.4, -0.2) is 37.2 Å². The minimum absolute atomic E-state index is 0.0725. The van der Waals surface area contributed by atoms with Crippen LogP contribution >= 0.6 is 23.2 Å². The molecule has 3 rings (SSSR count). The molecule has 0 aliphatic carbocycles. The maximum absolute atomic E-state index is 12.8. The van der Waals surface area contributed by atoms with Crippen molar-refractivity contribution in [2.45, 2.75) is 20.3 Å². The molecule has 0 aromatic heterocycles. The number of fused-ring (bicyclic) bond motifs is 1. The third-order valence-corrected chi connectivity index (χ3v) is 5.22. The smallest absolute Gasteiger partial charge is 0.249 e. The maximum atomic E-state index is 12.8. The van der Waals surface area contributed by atoms with E-state index in [4.69, 9.17) is 23.2 Å². The summed E-state index contributed by atoms with van der Waals surface area (Å²) < 4.78 is 0. The summed E-state index contributed by atoms with van der Waals surface area (Å²) in [5, 5.41) is 3.92. The second-order valence-electron chi connectivity index (χ2n) is 7.32. The molecule has 1 N–H and O–H groups in total. The van der Waals surface area contributed by atoms with E-state index in [2.05, 4.69) is 24.2 Å². The van der Waals surface area contributed by atoms with Gasteiger partial charge in [-0.3, -0.25) is 14.6 Å². The summed E-state index contributed by atoms with van der Waals surface area (Å²) in [5.41, 5.74) is 2.57.